The lowest BCUT2D eigenvalue weighted by atomic mass is 10.1. The van der Waals surface area contributed by atoms with E-state index in [2.05, 4.69) is 4.98 Å². The topological polar surface area (TPSA) is 68.1 Å². The van der Waals surface area contributed by atoms with Gasteiger partial charge in [-0.15, -0.1) is 0 Å². The van der Waals surface area contributed by atoms with Crippen molar-refractivity contribution in [1.29, 1.82) is 0 Å². The number of fused-ring (bicyclic) bond motifs is 1. The Labute approximate surface area is 105 Å². The van der Waals surface area contributed by atoms with E-state index in [4.69, 9.17) is 10.5 Å². The van der Waals surface area contributed by atoms with Crippen LogP contribution in [0.15, 0.2) is 30.3 Å². The Morgan fingerprint density at radius 3 is 2.89 bits per heavy atom. The molecule has 0 atom stereocenters. The molecule has 1 aromatic heterocycles. The highest BCUT2D eigenvalue weighted by atomic mass is 16.5. The fourth-order valence-electron chi connectivity index (χ4n) is 2.03. The molecule has 3 N–H and O–H groups in total. The van der Waals surface area contributed by atoms with E-state index < -0.39 is 5.97 Å². The van der Waals surface area contributed by atoms with Crippen molar-refractivity contribution in [1.82, 2.24) is 4.98 Å². The molecular formula is C14H16N2O2. The van der Waals surface area contributed by atoms with Crippen LogP contribution in [0.25, 0.3) is 16.6 Å². The molecule has 2 aromatic rings. The summed E-state index contributed by atoms with van der Waals surface area (Å²) in [5.74, 6) is -0.417. The zero-order valence-corrected chi connectivity index (χ0v) is 10.5. The summed E-state index contributed by atoms with van der Waals surface area (Å²) in [4.78, 5) is 14.6. The van der Waals surface area contributed by atoms with Crippen molar-refractivity contribution in [2.45, 2.75) is 13.8 Å². The second-order valence-electron chi connectivity index (χ2n) is 4.02. The van der Waals surface area contributed by atoms with Crippen molar-refractivity contribution in [2.75, 3.05) is 6.61 Å². The van der Waals surface area contributed by atoms with E-state index >= 15 is 0 Å². The van der Waals surface area contributed by atoms with Crippen molar-refractivity contribution >= 4 is 22.6 Å². The van der Waals surface area contributed by atoms with Crippen molar-refractivity contribution < 1.29 is 9.53 Å². The molecule has 0 aliphatic rings. The molecule has 0 amide bonds. The summed E-state index contributed by atoms with van der Waals surface area (Å²) < 4.78 is 4.86. The van der Waals surface area contributed by atoms with Crippen LogP contribution in [0.4, 0.5) is 0 Å². The predicted molar refractivity (Wildman–Crippen MR) is 71.8 cm³/mol. The Morgan fingerprint density at radius 1 is 1.44 bits per heavy atom. The Balaban J connectivity index is 2.47. The molecule has 94 valence electrons. The first-order chi connectivity index (χ1) is 8.63. The molecule has 4 nitrogen and oxygen atoms in total. The van der Waals surface area contributed by atoms with Crippen molar-refractivity contribution in [3.05, 3.63) is 41.6 Å². The fraction of sp³-hybridized carbons (Fsp3) is 0.214. The molecule has 0 saturated heterocycles. The summed E-state index contributed by atoms with van der Waals surface area (Å²) in [6.07, 6.45) is 1.33. The Morgan fingerprint density at radius 2 is 2.17 bits per heavy atom. The van der Waals surface area contributed by atoms with Crippen LogP contribution < -0.4 is 5.73 Å². The van der Waals surface area contributed by atoms with Gasteiger partial charge >= 0.3 is 5.97 Å². The first-order valence-corrected chi connectivity index (χ1v) is 5.85. The molecule has 0 aliphatic carbocycles. The van der Waals surface area contributed by atoms with Gasteiger partial charge in [0.2, 0.25) is 0 Å². The minimum Gasteiger partial charge on any atom is -0.463 e. The number of esters is 1. The number of ether oxygens (including phenoxy) is 1. The molecule has 1 aromatic carbocycles. The lowest BCUT2D eigenvalue weighted by Crippen LogP contribution is -2.05. The third-order valence-electron chi connectivity index (χ3n) is 2.74. The second kappa shape index (κ2) is 4.96. The molecule has 0 spiro atoms. The van der Waals surface area contributed by atoms with Gasteiger partial charge in [0.1, 0.15) is 0 Å². The van der Waals surface area contributed by atoms with E-state index in [1.165, 1.54) is 6.08 Å². The summed E-state index contributed by atoms with van der Waals surface area (Å²) in [6.45, 7) is 4.04. The van der Waals surface area contributed by atoms with Crippen LogP contribution in [0, 0.1) is 6.92 Å². The summed E-state index contributed by atoms with van der Waals surface area (Å²) in [7, 11) is 0. The molecule has 0 fully saturated rings. The van der Waals surface area contributed by atoms with Gasteiger partial charge in [0.25, 0.3) is 0 Å². The number of aryl methyl sites for hydroxylation is 1. The normalized spacial score (nSPS) is 11.8. The number of aromatic amines is 1. The zero-order valence-electron chi connectivity index (χ0n) is 10.5. The largest absolute Gasteiger partial charge is 0.463 e. The van der Waals surface area contributed by atoms with Gasteiger partial charge in [-0.1, -0.05) is 18.2 Å². The predicted octanol–water partition coefficient (Wildman–Crippen LogP) is 2.34. The molecule has 0 unspecified atom stereocenters. The highest BCUT2D eigenvalue weighted by Gasteiger charge is 2.11. The molecule has 0 aliphatic heterocycles. The molecule has 4 heteroatoms. The van der Waals surface area contributed by atoms with Gasteiger partial charge in [-0.25, -0.2) is 4.79 Å². The second-order valence-corrected chi connectivity index (χ2v) is 4.02. The summed E-state index contributed by atoms with van der Waals surface area (Å²) in [5, 5.41) is 1.01. The van der Waals surface area contributed by atoms with E-state index in [0.29, 0.717) is 12.3 Å². The average Bonchev–Trinajstić information content (AvgIpc) is 2.64. The van der Waals surface area contributed by atoms with Crippen molar-refractivity contribution in [3.63, 3.8) is 0 Å². The number of hydrogen-bond donors (Lipinski definition) is 2. The zero-order chi connectivity index (χ0) is 13.1. The van der Waals surface area contributed by atoms with Crippen LogP contribution in [0.3, 0.4) is 0 Å². The lowest BCUT2D eigenvalue weighted by Gasteiger charge is -2.02. The van der Waals surface area contributed by atoms with Gasteiger partial charge in [0, 0.05) is 33.9 Å². The van der Waals surface area contributed by atoms with Gasteiger partial charge < -0.3 is 15.5 Å². The fourth-order valence-corrected chi connectivity index (χ4v) is 2.03. The van der Waals surface area contributed by atoms with E-state index in [0.717, 1.165) is 22.2 Å². The number of H-pyrrole nitrogens is 1. The molecule has 0 radical (unpaired) electrons. The third-order valence-corrected chi connectivity index (χ3v) is 2.74. The number of para-hydroxylation sites is 1. The third kappa shape index (κ3) is 2.22. The number of aromatic nitrogens is 1. The maximum Gasteiger partial charge on any atom is 0.332 e. The van der Waals surface area contributed by atoms with Gasteiger partial charge in [-0.3, -0.25) is 0 Å². The van der Waals surface area contributed by atoms with E-state index in [9.17, 15) is 4.79 Å². The minimum atomic E-state index is -0.417. The number of benzene rings is 1. The lowest BCUT2D eigenvalue weighted by molar-refractivity contribution is -0.137. The van der Waals surface area contributed by atoms with Gasteiger partial charge in [0.15, 0.2) is 0 Å². The highest BCUT2D eigenvalue weighted by molar-refractivity contribution is 5.98. The molecule has 2 rings (SSSR count). The SMILES string of the molecule is CCOC(=O)C=C(N)c1c(C)[nH]c2ccccc12. The number of hydrogen-bond acceptors (Lipinski definition) is 3. The van der Waals surface area contributed by atoms with E-state index in [1.54, 1.807) is 6.92 Å². The average molecular weight is 244 g/mol. The number of carbonyl (C=O) groups excluding carboxylic acids is 1. The van der Waals surface area contributed by atoms with Crippen LogP contribution in [-0.2, 0) is 9.53 Å². The quantitative estimate of drug-likeness (QED) is 0.643. The number of carbonyl (C=O) groups is 1. The Hall–Kier alpha value is -2.23. The molecular weight excluding hydrogens is 228 g/mol. The molecule has 1 heterocycles. The molecule has 0 saturated carbocycles. The monoisotopic (exact) mass is 244 g/mol. The number of rotatable bonds is 3. The van der Waals surface area contributed by atoms with Crippen LogP contribution in [0.5, 0.6) is 0 Å². The molecule has 18 heavy (non-hydrogen) atoms. The van der Waals surface area contributed by atoms with E-state index in [1.807, 2.05) is 31.2 Å². The van der Waals surface area contributed by atoms with E-state index in [-0.39, 0.29) is 0 Å². The summed E-state index contributed by atoms with van der Waals surface area (Å²) in [6, 6.07) is 7.84. The first kappa shape index (κ1) is 12.2. The first-order valence-electron chi connectivity index (χ1n) is 5.85. The van der Waals surface area contributed by atoms with Gasteiger partial charge in [0.05, 0.1) is 6.61 Å². The van der Waals surface area contributed by atoms with Gasteiger partial charge in [-0.05, 0) is 19.9 Å². The van der Waals surface area contributed by atoms with Crippen molar-refractivity contribution in [2.24, 2.45) is 5.73 Å². The number of nitrogens with one attached hydrogen (secondary N) is 1. The highest BCUT2D eigenvalue weighted by Crippen LogP contribution is 2.25. The standard InChI is InChI=1S/C14H16N2O2/c1-3-18-13(17)8-11(15)14-9(2)16-12-7-5-4-6-10(12)14/h4-8,16H,3,15H2,1-2H3. The number of nitrogens with two attached hydrogens (primary N) is 1. The van der Waals surface area contributed by atoms with Crippen molar-refractivity contribution in [3.8, 4) is 0 Å². The maximum atomic E-state index is 11.4. The maximum absolute atomic E-state index is 11.4. The summed E-state index contributed by atoms with van der Waals surface area (Å²) in [5.41, 5.74) is 9.20. The molecule has 0 bridgehead atoms. The van der Waals surface area contributed by atoms with Crippen LogP contribution in [-0.4, -0.2) is 17.6 Å². The van der Waals surface area contributed by atoms with Crippen LogP contribution in [0.1, 0.15) is 18.2 Å². The van der Waals surface area contributed by atoms with Gasteiger partial charge in [-0.2, -0.15) is 0 Å². The Bertz CT molecular complexity index is 611. The smallest absolute Gasteiger partial charge is 0.332 e. The Kier molecular flexibility index (Phi) is 3.37. The minimum absolute atomic E-state index is 0.343. The van der Waals surface area contributed by atoms with Crippen LogP contribution in [0.2, 0.25) is 0 Å². The summed E-state index contributed by atoms with van der Waals surface area (Å²) >= 11 is 0. The van der Waals surface area contributed by atoms with Crippen LogP contribution >= 0.6 is 0 Å².